The summed E-state index contributed by atoms with van der Waals surface area (Å²) in [6.07, 6.45) is 1.74. The molecule has 2 amide bonds. The third-order valence-corrected chi connectivity index (χ3v) is 3.37. The molecule has 0 bridgehead atoms. The van der Waals surface area contributed by atoms with Gasteiger partial charge in [0.25, 0.3) is 0 Å². The Bertz CT molecular complexity index is 405. The van der Waals surface area contributed by atoms with E-state index in [1.165, 1.54) is 6.92 Å². The fourth-order valence-electron chi connectivity index (χ4n) is 1.90. The smallest absolute Gasteiger partial charge is 0.222 e. The van der Waals surface area contributed by atoms with E-state index in [0.717, 1.165) is 0 Å². The molecule has 0 aromatic heterocycles. The third-order valence-electron chi connectivity index (χ3n) is 3.37. The predicted molar refractivity (Wildman–Crippen MR) is 99.5 cm³/mol. The van der Waals surface area contributed by atoms with Gasteiger partial charge in [0.15, 0.2) is 0 Å². The average molecular weight is 390 g/mol. The summed E-state index contributed by atoms with van der Waals surface area (Å²) in [6.45, 7) is 5.51. The first-order valence-corrected chi connectivity index (χ1v) is 9.34. The molecular formula is C18H34N2O7. The van der Waals surface area contributed by atoms with Crippen LogP contribution in [0, 0.1) is 0 Å². The van der Waals surface area contributed by atoms with Crippen molar-refractivity contribution in [3.8, 4) is 0 Å². The molecule has 0 saturated carbocycles. The van der Waals surface area contributed by atoms with Gasteiger partial charge in [0, 0.05) is 32.9 Å². The lowest BCUT2D eigenvalue weighted by molar-refractivity contribution is -0.122. The Labute approximate surface area is 161 Å². The molecule has 0 aliphatic carbocycles. The lowest BCUT2D eigenvalue weighted by atomic mass is 10.2. The molecule has 0 unspecified atom stereocenters. The summed E-state index contributed by atoms with van der Waals surface area (Å²) in [7, 11) is 1.59. The van der Waals surface area contributed by atoms with Gasteiger partial charge >= 0.3 is 0 Å². The molecule has 27 heavy (non-hydrogen) atoms. The minimum atomic E-state index is -0.0640. The molecule has 0 aliphatic heterocycles. The van der Waals surface area contributed by atoms with E-state index in [0.29, 0.717) is 85.1 Å². The van der Waals surface area contributed by atoms with Crippen molar-refractivity contribution in [2.75, 3.05) is 66.4 Å². The Kier molecular flexibility index (Phi) is 18.1. The number of nitrogens with one attached hydrogen (secondary N) is 2. The number of Topliss-reactive ketones (excluding diaryl/α,β-unsaturated/α-hetero) is 1. The number of amides is 2. The normalized spacial score (nSPS) is 10.6. The Morgan fingerprint density at radius 2 is 1.19 bits per heavy atom. The van der Waals surface area contributed by atoms with Crippen molar-refractivity contribution in [1.82, 2.24) is 10.6 Å². The summed E-state index contributed by atoms with van der Waals surface area (Å²) in [5.41, 5.74) is 0. The zero-order valence-corrected chi connectivity index (χ0v) is 16.6. The lowest BCUT2D eigenvalue weighted by Gasteiger charge is -2.08. The molecule has 0 saturated heterocycles. The molecule has 2 N–H and O–H groups in total. The minimum Gasteiger partial charge on any atom is -0.379 e. The van der Waals surface area contributed by atoms with Crippen LogP contribution in [0.25, 0.3) is 0 Å². The van der Waals surface area contributed by atoms with Crippen molar-refractivity contribution in [1.29, 1.82) is 0 Å². The number of hydrogen-bond donors (Lipinski definition) is 2. The van der Waals surface area contributed by atoms with Crippen molar-refractivity contribution in [3.05, 3.63) is 0 Å². The third kappa shape index (κ3) is 20.6. The highest BCUT2D eigenvalue weighted by Crippen LogP contribution is 1.95. The Hall–Kier alpha value is -1.55. The summed E-state index contributed by atoms with van der Waals surface area (Å²) in [5.74, 6) is -0.00724. The van der Waals surface area contributed by atoms with E-state index in [1.807, 2.05) is 0 Å². The van der Waals surface area contributed by atoms with E-state index in [9.17, 15) is 14.4 Å². The monoisotopic (exact) mass is 390 g/mol. The predicted octanol–water partition coefficient (Wildman–Crippen LogP) is 0.0644. The van der Waals surface area contributed by atoms with Gasteiger partial charge in [0.1, 0.15) is 5.78 Å². The van der Waals surface area contributed by atoms with Gasteiger partial charge in [-0.2, -0.15) is 0 Å². The maximum absolute atomic E-state index is 11.4. The standard InChI is InChI=1S/C18H34N2O7/c1-16(21)4-3-5-18(23)20-7-9-25-11-13-27-15-14-26-12-10-24-8-6-17(22)19-2/h3-15H2,1-2H3,(H,19,22)(H,20,23). The van der Waals surface area contributed by atoms with Crippen LogP contribution in [-0.2, 0) is 33.3 Å². The first-order valence-electron chi connectivity index (χ1n) is 9.34. The maximum Gasteiger partial charge on any atom is 0.222 e. The Balaban J connectivity index is 3.15. The molecule has 0 rings (SSSR count). The molecule has 0 fully saturated rings. The van der Waals surface area contributed by atoms with Crippen LogP contribution in [0.1, 0.15) is 32.6 Å². The van der Waals surface area contributed by atoms with Gasteiger partial charge in [-0.3, -0.25) is 9.59 Å². The van der Waals surface area contributed by atoms with Crippen molar-refractivity contribution in [2.24, 2.45) is 0 Å². The van der Waals surface area contributed by atoms with Crippen LogP contribution in [-0.4, -0.2) is 84.0 Å². The van der Waals surface area contributed by atoms with Gasteiger partial charge in [-0.1, -0.05) is 0 Å². The second-order valence-electron chi connectivity index (χ2n) is 5.78. The summed E-state index contributed by atoms with van der Waals surface area (Å²) in [5, 5.41) is 5.26. The second-order valence-corrected chi connectivity index (χ2v) is 5.78. The van der Waals surface area contributed by atoms with Crippen LogP contribution in [0.15, 0.2) is 0 Å². The second kappa shape index (κ2) is 19.2. The number of ether oxygens (including phenoxy) is 4. The summed E-state index contributed by atoms with van der Waals surface area (Å²) >= 11 is 0. The van der Waals surface area contributed by atoms with E-state index < -0.39 is 0 Å². The quantitative estimate of drug-likeness (QED) is 0.300. The highest BCUT2D eigenvalue weighted by molar-refractivity contribution is 5.78. The zero-order chi connectivity index (χ0) is 20.2. The van der Waals surface area contributed by atoms with Crippen molar-refractivity contribution >= 4 is 17.6 Å². The van der Waals surface area contributed by atoms with Crippen LogP contribution < -0.4 is 10.6 Å². The highest BCUT2D eigenvalue weighted by Gasteiger charge is 2.02. The molecule has 9 heteroatoms. The van der Waals surface area contributed by atoms with Gasteiger partial charge in [-0.15, -0.1) is 0 Å². The van der Waals surface area contributed by atoms with Crippen LogP contribution in [0.3, 0.4) is 0 Å². The van der Waals surface area contributed by atoms with Gasteiger partial charge in [-0.25, -0.2) is 0 Å². The van der Waals surface area contributed by atoms with Crippen LogP contribution >= 0.6 is 0 Å². The van der Waals surface area contributed by atoms with Crippen LogP contribution in [0.2, 0.25) is 0 Å². The summed E-state index contributed by atoms with van der Waals surface area (Å²) in [4.78, 5) is 33.1. The van der Waals surface area contributed by atoms with Crippen molar-refractivity contribution in [2.45, 2.75) is 32.6 Å². The summed E-state index contributed by atoms with van der Waals surface area (Å²) in [6, 6.07) is 0. The van der Waals surface area contributed by atoms with Gasteiger partial charge in [0.05, 0.1) is 52.9 Å². The largest absolute Gasteiger partial charge is 0.379 e. The van der Waals surface area contributed by atoms with E-state index in [2.05, 4.69) is 10.6 Å². The van der Waals surface area contributed by atoms with Gasteiger partial charge in [0.2, 0.25) is 11.8 Å². The number of hydrogen-bond acceptors (Lipinski definition) is 7. The first kappa shape index (κ1) is 25.4. The first-order chi connectivity index (χ1) is 13.1. The van der Waals surface area contributed by atoms with E-state index in [-0.39, 0.29) is 17.6 Å². The number of rotatable bonds is 19. The fraction of sp³-hybridized carbons (Fsp3) is 0.833. The molecule has 0 spiro atoms. The molecule has 0 heterocycles. The van der Waals surface area contributed by atoms with Crippen molar-refractivity contribution in [3.63, 3.8) is 0 Å². The Morgan fingerprint density at radius 1 is 0.667 bits per heavy atom. The fourth-order valence-corrected chi connectivity index (χ4v) is 1.90. The number of ketones is 1. The zero-order valence-electron chi connectivity index (χ0n) is 16.6. The molecule has 0 aliphatic rings. The van der Waals surface area contributed by atoms with E-state index >= 15 is 0 Å². The highest BCUT2D eigenvalue weighted by atomic mass is 16.6. The lowest BCUT2D eigenvalue weighted by Crippen LogP contribution is -2.27. The van der Waals surface area contributed by atoms with Crippen LogP contribution in [0.4, 0.5) is 0 Å². The minimum absolute atomic E-state index is 0.0430. The van der Waals surface area contributed by atoms with E-state index in [1.54, 1.807) is 7.05 Å². The topological polar surface area (TPSA) is 112 Å². The van der Waals surface area contributed by atoms with Gasteiger partial charge < -0.3 is 34.4 Å². The molecular weight excluding hydrogens is 356 g/mol. The van der Waals surface area contributed by atoms with Crippen LogP contribution in [0.5, 0.6) is 0 Å². The average Bonchev–Trinajstić information content (AvgIpc) is 2.64. The van der Waals surface area contributed by atoms with Gasteiger partial charge in [-0.05, 0) is 13.3 Å². The molecule has 158 valence electrons. The number of carbonyl (C=O) groups excluding carboxylic acids is 3. The molecule has 0 radical (unpaired) electrons. The molecule has 0 atom stereocenters. The maximum atomic E-state index is 11.4. The number of carbonyl (C=O) groups is 3. The van der Waals surface area contributed by atoms with Crippen molar-refractivity contribution < 1.29 is 33.3 Å². The molecule has 9 nitrogen and oxygen atoms in total. The molecule has 0 aromatic rings. The van der Waals surface area contributed by atoms with E-state index in [4.69, 9.17) is 18.9 Å². The summed E-state index contributed by atoms with van der Waals surface area (Å²) < 4.78 is 21.3. The molecule has 0 aromatic carbocycles. The SMILES string of the molecule is CNC(=O)CCOCCOCCOCCOCCNC(=O)CCCC(C)=O. The Morgan fingerprint density at radius 3 is 1.70 bits per heavy atom.